The molecule has 1 rings (SSSR count). The summed E-state index contributed by atoms with van der Waals surface area (Å²) >= 11 is 6.60. The van der Waals surface area contributed by atoms with Gasteiger partial charge in [0.2, 0.25) is 0 Å². The topological polar surface area (TPSA) is 26.0 Å². The molecule has 0 heterocycles. The Morgan fingerprint density at radius 1 is 1.31 bits per heavy atom. The Balaban J connectivity index is 2.60. The average molecular weight is 270 g/mol. The highest BCUT2D eigenvalue weighted by atomic mass is 35.5. The molecule has 1 aromatic rings. The van der Waals surface area contributed by atoms with E-state index in [1.807, 2.05) is 0 Å². The maximum Gasteiger partial charge on any atom is 0.401 e. The van der Waals surface area contributed by atoms with Crippen LogP contribution in [0.3, 0.4) is 0 Å². The van der Waals surface area contributed by atoms with Crippen molar-refractivity contribution in [1.82, 2.24) is 0 Å². The lowest BCUT2D eigenvalue weighted by molar-refractivity contribution is -0.126. The largest absolute Gasteiger partial charge is 0.401 e. The molecule has 90 valence electrons. The van der Waals surface area contributed by atoms with Gasteiger partial charge in [-0.05, 0) is 11.6 Å². The van der Waals surface area contributed by atoms with Crippen molar-refractivity contribution in [2.24, 2.45) is 5.73 Å². The molecule has 0 saturated heterocycles. The zero-order chi connectivity index (χ0) is 12.2. The molecule has 0 bridgehead atoms. The molecule has 16 heavy (non-hydrogen) atoms. The minimum atomic E-state index is -4.26. The van der Waals surface area contributed by atoms with Gasteiger partial charge in [-0.2, -0.15) is 13.2 Å². The molecule has 1 nitrogen and oxygen atoms in total. The number of rotatable bonds is 4. The smallest absolute Gasteiger partial charge is 0.329 e. The third-order valence-corrected chi connectivity index (χ3v) is 3.69. The second kappa shape index (κ2) is 5.80. The van der Waals surface area contributed by atoms with Gasteiger partial charge < -0.3 is 5.73 Å². The van der Waals surface area contributed by atoms with Crippen LogP contribution in [-0.2, 0) is 5.75 Å². The van der Waals surface area contributed by atoms with Gasteiger partial charge in [-0.25, -0.2) is 0 Å². The van der Waals surface area contributed by atoms with Gasteiger partial charge in [-0.15, -0.1) is 11.8 Å². The zero-order valence-electron chi connectivity index (χ0n) is 8.30. The fourth-order valence-corrected chi connectivity index (χ4v) is 2.34. The lowest BCUT2D eigenvalue weighted by Gasteiger charge is -2.18. The van der Waals surface area contributed by atoms with E-state index in [4.69, 9.17) is 17.3 Å². The zero-order valence-corrected chi connectivity index (χ0v) is 9.87. The van der Waals surface area contributed by atoms with E-state index in [1.165, 1.54) is 0 Å². The van der Waals surface area contributed by atoms with Crippen molar-refractivity contribution in [3.05, 3.63) is 34.9 Å². The summed E-state index contributed by atoms with van der Waals surface area (Å²) in [7, 11) is 0. The minimum Gasteiger partial charge on any atom is -0.329 e. The first-order chi connectivity index (χ1) is 7.45. The molecule has 0 aliphatic heterocycles. The van der Waals surface area contributed by atoms with Crippen LogP contribution in [0.4, 0.5) is 13.2 Å². The van der Waals surface area contributed by atoms with Crippen LogP contribution in [0, 0.1) is 0 Å². The van der Waals surface area contributed by atoms with E-state index in [0.717, 1.165) is 11.8 Å². The van der Waals surface area contributed by atoms with Crippen LogP contribution in [0.5, 0.6) is 0 Å². The summed E-state index contributed by atoms with van der Waals surface area (Å²) in [5.41, 5.74) is 5.78. The van der Waals surface area contributed by atoms with Crippen LogP contribution in [0.25, 0.3) is 0 Å². The van der Waals surface area contributed by atoms with Crippen molar-refractivity contribution in [2.75, 3.05) is 6.54 Å². The monoisotopic (exact) mass is 269 g/mol. The van der Waals surface area contributed by atoms with Gasteiger partial charge in [-0.1, -0.05) is 29.8 Å². The van der Waals surface area contributed by atoms with Gasteiger partial charge in [-0.3, -0.25) is 0 Å². The first-order valence-electron chi connectivity index (χ1n) is 4.57. The molecular weight excluding hydrogens is 259 g/mol. The highest BCUT2D eigenvalue weighted by Gasteiger charge is 2.38. The summed E-state index contributed by atoms with van der Waals surface area (Å²) in [5, 5.41) is -1.06. The summed E-state index contributed by atoms with van der Waals surface area (Å²) in [6, 6.07) is 6.84. The van der Waals surface area contributed by atoms with E-state index >= 15 is 0 Å². The summed E-state index contributed by atoms with van der Waals surface area (Å²) in [4.78, 5) is 0. The predicted octanol–water partition coefficient (Wildman–Crippen LogP) is 3.46. The van der Waals surface area contributed by atoms with Gasteiger partial charge >= 0.3 is 6.18 Å². The van der Waals surface area contributed by atoms with Crippen molar-refractivity contribution in [1.29, 1.82) is 0 Å². The van der Waals surface area contributed by atoms with Crippen molar-refractivity contribution in [2.45, 2.75) is 17.2 Å². The van der Waals surface area contributed by atoms with Gasteiger partial charge in [0.1, 0.15) is 5.25 Å². The molecule has 0 aliphatic rings. The summed E-state index contributed by atoms with van der Waals surface area (Å²) < 4.78 is 37.2. The van der Waals surface area contributed by atoms with Crippen LogP contribution < -0.4 is 5.73 Å². The van der Waals surface area contributed by atoms with Crippen molar-refractivity contribution in [3.8, 4) is 0 Å². The predicted molar refractivity (Wildman–Crippen MR) is 61.6 cm³/mol. The molecule has 2 N–H and O–H groups in total. The highest BCUT2D eigenvalue weighted by Crippen LogP contribution is 2.32. The summed E-state index contributed by atoms with van der Waals surface area (Å²) in [5.74, 6) is 0.209. The van der Waals surface area contributed by atoms with E-state index in [0.29, 0.717) is 10.6 Å². The number of hydrogen-bond donors (Lipinski definition) is 1. The first kappa shape index (κ1) is 13.7. The molecule has 0 radical (unpaired) electrons. The molecule has 0 saturated carbocycles. The summed E-state index contributed by atoms with van der Waals surface area (Å²) in [6.07, 6.45) is -4.26. The van der Waals surface area contributed by atoms with Crippen LogP contribution in [0.2, 0.25) is 5.02 Å². The molecule has 0 aromatic heterocycles. The fraction of sp³-hybridized carbons (Fsp3) is 0.400. The van der Waals surface area contributed by atoms with E-state index in [2.05, 4.69) is 0 Å². The lowest BCUT2D eigenvalue weighted by atomic mass is 10.2. The lowest BCUT2D eigenvalue weighted by Crippen LogP contribution is -2.33. The van der Waals surface area contributed by atoms with Crippen molar-refractivity contribution in [3.63, 3.8) is 0 Å². The SMILES string of the molecule is NCC(SCc1ccccc1Cl)C(F)(F)F. The van der Waals surface area contributed by atoms with E-state index < -0.39 is 18.0 Å². The van der Waals surface area contributed by atoms with Gasteiger partial charge in [0.05, 0.1) is 0 Å². The standard InChI is InChI=1S/C10H11ClF3NS/c11-8-4-2-1-3-7(8)6-16-9(5-15)10(12,13)14/h1-4,9H,5-6,15H2. The molecule has 0 amide bonds. The molecular formula is C10H11ClF3NS. The number of nitrogens with two attached hydrogens (primary N) is 1. The molecule has 1 unspecified atom stereocenters. The number of hydrogen-bond acceptors (Lipinski definition) is 2. The maximum absolute atomic E-state index is 12.4. The van der Waals surface area contributed by atoms with Crippen molar-refractivity contribution >= 4 is 23.4 Å². The Morgan fingerprint density at radius 2 is 1.94 bits per heavy atom. The minimum absolute atomic E-state index is 0.209. The van der Waals surface area contributed by atoms with Gasteiger partial charge in [0, 0.05) is 17.3 Å². The molecule has 6 heteroatoms. The number of alkyl halides is 3. The van der Waals surface area contributed by atoms with E-state index in [1.54, 1.807) is 24.3 Å². The van der Waals surface area contributed by atoms with Gasteiger partial charge in [0.15, 0.2) is 0 Å². The van der Waals surface area contributed by atoms with Crippen molar-refractivity contribution < 1.29 is 13.2 Å². The molecule has 0 aliphatic carbocycles. The Hall–Kier alpha value is -0.390. The van der Waals surface area contributed by atoms with Crippen LogP contribution >= 0.6 is 23.4 Å². The number of benzene rings is 1. The van der Waals surface area contributed by atoms with Gasteiger partial charge in [0.25, 0.3) is 0 Å². The molecule has 1 aromatic carbocycles. The second-order valence-corrected chi connectivity index (χ2v) is 4.77. The summed E-state index contributed by atoms with van der Waals surface area (Å²) in [6.45, 7) is -0.418. The Kier molecular flexibility index (Phi) is 4.95. The fourth-order valence-electron chi connectivity index (χ4n) is 1.10. The Labute approximate surface area is 101 Å². The Morgan fingerprint density at radius 3 is 2.44 bits per heavy atom. The molecule has 0 fully saturated rings. The van der Waals surface area contributed by atoms with E-state index in [-0.39, 0.29) is 5.75 Å². The van der Waals surface area contributed by atoms with E-state index in [9.17, 15) is 13.2 Å². The molecule has 1 atom stereocenters. The normalized spacial score (nSPS) is 13.8. The first-order valence-corrected chi connectivity index (χ1v) is 5.99. The Bertz CT molecular complexity index is 343. The number of halogens is 4. The third kappa shape index (κ3) is 3.88. The van der Waals surface area contributed by atoms with Crippen LogP contribution in [0.1, 0.15) is 5.56 Å². The quantitative estimate of drug-likeness (QED) is 0.906. The maximum atomic E-state index is 12.4. The third-order valence-electron chi connectivity index (χ3n) is 1.98. The second-order valence-electron chi connectivity index (χ2n) is 3.17. The number of thioether (sulfide) groups is 1. The molecule has 0 spiro atoms. The van der Waals surface area contributed by atoms with Crippen LogP contribution in [0.15, 0.2) is 24.3 Å². The highest BCUT2D eigenvalue weighted by molar-refractivity contribution is 7.99. The average Bonchev–Trinajstić information content (AvgIpc) is 2.19. The van der Waals surface area contributed by atoms with Crippen LogP contribution in [-0.4, -0.2) is 18.0 Å².